The Labute approximate surface area is 162 Å². The Bertz CT molecular complexity index is 1210. The first kappa shape index (κ1) is 16.7. The first-order valence-electron chi connectivity index (χ1n) is 9.41. The van der Waals surface area contributed by atoms with Crippen molar-refractivity contribution in [2.75, 3.05) is 18.4 Å². The molecule has 1 aliphatic rings. The molecular formula is C22H21N5O. The molecule has 0 bridgehead atoms. The van der Waals surface area contributed by atoms with Crippen LogP contribution in [-0.4, -0.2) is 44.5 Å². The smallest absolute Gasteiger partial charge is 0.219 e. The molecule has 5 rings (SSSR count). The lowest BCUT2D eigenvalue weighted by molar-refractivity contribution is -0.132. The van der Waals surface area contributed by atoms with Crippen molar-refractivity contribution in [3.8, 4) is 11.1 Å². The summed E-state index contributed by atoms with van der Waals surface area (Å²) in [4.78, 5) is 22.4. The molecule has 6 nitrogen and oxygen atoms in total. The Balaban J connectivity index is 1.56. The second kappa shape index (κ2) is 6.34. The summed E-state index contributed by atoms with van der Waals surface area (Å²) in [5.41, 5.74) is 6.10. The van der Waals surface area contributed by atoms with Gasteiger partial charge in [-0.15, -0.1) is 0 Å². The molecule has 0 unspecified atom stereocenters. The van der Waals surface area contributed by atoms with Gasteiger partial charge in [0.25, 0.3) is 0 Å². The van der Waals surface area contributed by atoms with E-state index in [4.69, 9.17) is 0 Å². The molecule has 1 N–H and O–H groups in total. The second-order valence-corrected chi connectivity index (χ2v) is 7.41. The first-order chi connectivity index (χ1) is 13.6. The zero-order valence-electron chi connectivity index (χ0n) is 15.9. The molecule has 1 aliphatic heterocycles. The molecule has 0 radical (unpaired) electrons. The molecule has 0 spiro atoms. The van der Waals surface area contributed by atoms with E-state index in [-0.39, 0.29) is 11.9 Å². The Kier molecular flexibility index (Phi) is 3.79. The predicted molar refractivity (Wildman–Crippen MR) is 111 cm³/mol. The van der Waals surface area contributed by atoms with Gasteiger partial charge in [-0.2, -0.15) is 0 Å². The molecule has 1 amide bonds. The zero-order valence-corrected chi connectivity index (χ0v) is 15.9. The van der Waals surface area contributed by atoms with E-state index in [9.17, 15) is 4.79 Å². The lowest BCUT2D eigenvalue weighted by Crippen LogP contribution is -2.56. The van der Waals surface area contributed by atoms with Gasteiger partial charge in [-0.25, -0.2) is 0 Å². The number of carbonyl (C=O) groups is 1. The number of fused-ring (bicyclic) bond motifs is 2. The minimum Gasteiger partial charge on any atom is -0.379 e. The fourth-order valence-electron chi connectivity index (χ4n) is 3.87. The maximum atomic E-state index is 11.4. The molecule has 1 fully saturated rings. The fourth-order valence-corrected chi connectivity index (χ4v) is 3.87. The van der Waals surface area contributed by atoms with Crippen LogP contribution in [0.15, 0.2) is 55.0 Å². The van der Waals surface area contributed by atoms with Crippen LogP contribution in [0.4, 0.5) is 5.69 Å². The van der Waals surface area contributed by atoms with Crippen molar-refractivity contribution < 1.29 is 4.79 Å². The Morgan fingerprint density at radius 3 is 2.75 bits per heavy atom. The van der Waals surface area contributed by atoms with Crippen LogP contribution in [0.25, 0.3) is 33.1 Å². The summed E-state index contributed by atoms with van der Waals surface area (Å²) in [6, 6.07) is 13.0. The van der Waals surface area contributed by atoms with E-state index in [1.54, 1.807) is 19.3 Å². The van der Waals surface area contributed by atoms with Gasteiger partial charge in [-0.3, -0.25) is 14.8 Å². The van der Waals surface area contributed by atoms with Gasteiger partial charge in [-0.05, 0) is 35.2 Å². The molecule has 3 heterocycles. The number of benzene rings is 2. The number of anilines is 1. The third-order valence-corrected chi connectivity index (χ3v) is 5.47. The monoisotopic (exact) mass is 371 g/mol. The minimum absolute atomic E-state index is 0.124. The summed E-state index contributed by atoms with van der Waals surface area (Å²) in [6.07, 6.45) is 5.52. The maximum absolute atomic E-state index is 11.4. The quantitative estimate of drug-likeness (QED) is 0.599. The van der Waals surface area contributed by atoms with Crippen LogP contribution < -0.4 is 5.32 Å². The van der Waals surface area contributed by atoms with Crippen LogP contribution in [0.5, 0.6) is 0 Å². The highest BCUT2D eigenvalue weighted by molar-refractivity contribution is 5.97. The van der Waals surface area contributed by atoms with Crippen LogP contribution in [0.1, 0.15) is 6.92 Å². The van der Waals surface area contributed by atoms with Gasteiger partial charge in [0.15, 0.2) is 0 Å². The lowest BCUT2D eigenvalue weighted by Gasteiger charge is -2.39. The van der Waals surface area contributed by atoms with E-state index in [0.29, 0.717) is 0 Å². The second-order valence-electron chi connectivity index (χ2n) is 7.41. The Morgan fingerprint density at radius 1 is 1.11 bits per heavy atom. The van der Waals surface area contributed by atoms with Crippen molar-refractivity contribution in [1.29, 1.82) is 0 Å². The molecule has 140 valence electrons. The number of hydrogen-bond acceptors (Lipinski definition) is 4. The van der Waals surface area contributed by atoms with Crippen LogP contribution in [0, 0.1) is 0 Å². The van der Waals surface area contributed by atoms with Crippen molar-refractivity contribution >= 4 is 33.5 Å². The highest BCUT2D eigenvalue weighted by atomic mass is 16.2. The number of nitrogens with zero attached hydrogens (tertiary/aromatic N) is 4. The van der Waals surface area contributed by atoms with E-state index in [1.165, 1.54) is 10.9 Å². The topological polar surface area (TPSA) is 63.1 Å². The molecule has 6 heteroatoms. The largest absolute Gasteiger partial charge is 0.379 e. The van der Waals surface area contributed by atoms with Gasteiger partial charge >= 0.3 is 0 Å². The number of carbonyl (C=O) groups excluding carboxylic acids is 1. The van der Waals surface area contributed by atoms with Crippen LogP contribution in [-0.2, 0) is 11.8 Å². The zero-order chi connectivity index (χ0) is 19.3. The molecule has 0 atom stereocenters. The normalized spacial score (nSPS) is 14.4. The molecule has 4 aromatic rings. The summed E-state index contributed by atoms with van der Waals surface area (Å²) in [6.45, 7) is 3.08. The molecular weight excluding hydrogens is 350 g/mol. The molecule has 0 aliphatic carbocycles. The van der Waals surface area contributed by atoms with Crippen LogP contribution in [0.3, 0.4) is 0 Å². The average Bonchev–Trinajstić information content (AvgIpc) is 3.04. The van der Waals surface area contributed by atoms with Gasteiger partial charge < -0.3 is 14.8 Å². The fraction of sp³-hybridized carbons (Fsp3) is 0.227. The molecule has 0 saturated carbocycles. The molecule has 2 aromatic carbocycles. The van der Waals surface area contributed by atoms with E-state index in [1.807, 2.05) is 11.0 Å². The van der Waals surface area contributed by atoms with Crippen LogP contribution >= 0.6 is 0 Å². The van der Waals surface area contributed by atoms with Gasteiger partial charge in [0.05, 0.1) is 17.1 Å². The molecule has 28 heavy (non-hydrogen) atoms. The highest BCUT2D eigenvalue weighted by Gasteiger charge is 2.28. The summed E-state index contributed by atoms with van der Waals surface area (Å²) < 4.78 is 2.12. The standard InChI is InChI=1S/C22H21N5O/c1-14(28)27-12-18(13-27)25-17-10-19(22-20(11-17)23-6-7-24-22)16-4-3-15-5-8-26(2)21(15)9-16/h3-11,18,25H,12-13H2,1-2H3. The van der Waals surface area contributed by atoms with Gasteiger partial charge in [0, 0.05) is 62.4 Å². The number of likely N-dealkylation sites (tertiary alicyclic amines) is 1. The summed E-state index contributed by atoms with van der Waals surface area (Å²) in [5, 5.41) is 4.76. The van der Waals surface area contributed by atoms with Crippen LogP contribution in [0.2, 0.25) is 0 Å². The van der Waals surface area contributed by atoms with Crippen molar-refractivity contribution in [3.63, 3.8) is 0 Å². The van der Waals surface area contributed by atoms with Crippen molar-refractivity contribution in [3.05, 3.63) is 55.0 Å². The van der Waals surface area contributed by atoms with Gasteiger partial charge in [-0.1, -0.05) is 12.1 Å². The van der Waals surface area contributed by atoms with E-state index >= 15 is 0 Å². The number of amides is 1. The third-order valence-electron chi connectivity index (χ3n) is 5.47. The van der Waals surface area contributed by atoms with Gasteiger partial charge in [0.2, 0.25) is 5.91 Å². The Morgan fingerprint density at radius 2 is 1.93 bits per heavy atom. The van der Waals surface area contributed by atoms with Gasteiger partial charge in [0.1, 0.15) is 0 Å². The molecule has 1 saturated heterocycles. The number of hydrogen-bond donors (Lipinski definition) is 1. The van der Waals surface area contributed by atoms with E-state index in [2.05, 4.69) is 63.4 Å². The third kappa shape index (κ3) is 2.78. The maximum Gasteiger partial charge on any atom is 0.219 e. The number of aryl methyl sites for hydroxylation is 1. The number of aromatic nitrogens is 3. The highest BCUT2D eigenvalue weighted by Crippen LogP contribution is 2.32. The van der Waals surface area contributed by atoms with E-state index in [0.717, 1.165) is 40.9 Å². The summed E-state index contributed by atoms with van der Waals surface area (Å²) in [5.74, 6) is 0.124. The number of nitrogens with one attached hydrogen (secondary N) is 1. The molecule has 2 aromatic heterocycles. The SMILES string of the molecule is CC(=O)N1CC(Nc2cc(-c3ccc4ccn(C)c4c3)c3nccnc3c2)C1. The Hall–Kier alpha value is -3.41. The first-order valence-corrected chi connectivity index (χ1v) is 9.41. The minimum atomic E-state index is 0.124. The number of rotatable bonds is 3. The van der Waals surface area contributed by atoms with Crippen molar-refractivity contribution in [2.24, 2.45) is 7.05 Å². The summed E-state index contributed by atoms with van der Waals surface area (Å²) >= 11 is 0. The van der Waals surface area contributed by atoms with Crippen molar-refractivity contribution in [2.45, 2.75) is 13.0 Å². The summed E-state index contributed by atoms with van der Waals surface area (Å²) in [7, 11) is 2.05. The van der Waals surface area contributed by atoms with Crippen molar-refractivity contribution in [1.82, 2.24) is 19.4 Å². The lowest BCUT2D eigenvalue weighted by atomic mass is 10.0. The average molecular weight is 371 g/mol. The van der Waals surface area contributed by atoms with E-state index < -0.39 is 0 Å². The predicted octanol–water partition coefficient (Wildman–Crippen LogP) is 3.43.